The fraction of sp³-hybridized carbons (Fsp3) is 0.172. The number of hydrogen-bond acceptors (Lipinski definition) is 8. The number of amidine groups is 1. The van der Waals surface area contributed by atoms with Crippen molar-refractivity contribution in [1.82, 2.24) is 4.90 Å². The van der Waals surface area contributed by atoms with Gasteiger partial charge in [-0.05, 0) is 61.2 Å². The number of carbonyl (C=O) groups is 3. The van der Waals surface area contributed by atoms with Crippen LogP contribution in [0.15, 0.2) is 82.7 Å². The van der Waals surface area contributed by atoms with Gasteiger partial charge in [0.1, 0.15) is 0 Å². The van der Waals surface area contributed by atoms with Gasteiger partial charge in [-0.2, -0.15) is 0 Å². The number of methoxy groups -OCH3 is 2. The van der Waals surface area contributed by atoms with Crippen molar-refractivity contribution in [3.63, 3.8) is 0 Å². The van der Waals surface area contributed by atoms with E-state index in [1.165, 1.54) is 26.0 Å². The fourth-order valence-electron chi connectivity index (χ4n) is 3.76. The summed E-state index contributed by atoms with van der Waals surface area (Å²) in [6, 6.07) is 21.0. The second kappa shape index (κ2) is 12.8. The Labute approximate surface area is 230 Å². The van der Waals surface area contributed by atoms with Crippen LogP contribution in [0.3, 0.4) is 0 Å². The first-order chi connectivity index (χ1) is 18.9. The number of nitrogens with zero attached hydrogens (tertiary/aromatic N) is 2. The number of carbonyl (C=O) groups excluding carboxylic acids is 3. The van der Waals surface area contributed by atoms with Crippen molar-refractivity contribution < 1.29 is 28.6 Å². The van der Waals surface area contributed by atoms with Gasteiger partial charge in [-0.25, -0.2) is 9.79 Å². The summed E-state index contributed by atoms with van der Waals surface area (Å²) in [5, 5.41) is 3.25. The number of ether oxygens (including phenoxy) is 3. The van der Waals surface area contributed by atoms with Crippen molar-refractivity contribution in [2.75, 3.05) is 32.7 Å². The Balaban J connectivity index is 1.59. The van der Waals surface area contributed by atoms with Gasteiger partial charge in [-0.1, -0.05) is 36.4 Å². The van der Waals surface area contributed by atoms with E-state index in [4.69, 9.17) is 14.2 Å². The first-order valence-electron chi connectivity index (χ1n) is 12.1. The molecule has 9 nitrogen and oxygen atoms in total. The minimum absolute atomic E-state index is 0.221. The van der Waals surface area contributed by atoms with Crippen molar-refractivity contribution >= 4 is 52.2 Å². The summed E-state index contributed by atoms with van der Waals surface area (Å²) in [5.74, 6) is -0.265. The van der Waals surface area contributed by atoms with E-state index in [2.05, 4.69) is 10.3 Å². The van der Waals surface area contributed by atoms with Crippen LogP contribution >= 0.6 is 11.8 Å². The van der Waals surface area contributed by atoms with E-state index in [1.54, 1.807) is 65.6 Å². The zero-order valence-corrected chi connectivity index (χ0v) is 22.5. The van der Waals surface area contributed by atoms with E-state index < -0.39 is 5.97 Å². The minimum atomic E-state index is -0.469. The summed E-state index contributed by atoms with van der Waals surface area (Å²) in [6.07, 6.45) is 1.69. The lowest BCUT2D eigenvalue weighted by atomic mass is 10.1. The van der Waals surface area contributed by atoms with Crippen LogP contribution in [0.5, 0.6) is 11.5 Å². The molecule has 3 aromatic carbocycles. The Kier molecular flexibility index (Phi) is 9.01. The molecule has 0 aliphatic carbocycles. The highest BCUT2D eigenvalue weighted by atomic mass is 32.2. The molecule has 1 N–H and O–H groups in total. The summed E-state index contributed by atoms with van der Waals surface area (Å²) < 4.78 is 16.1. The number of thioether (sulfide) groups is 1. The largest absolute Gasteiger partial charge is 0.493 e. The van der Waals surface area contributed by atoms with Crippen molar-refractivity contribution in [1.29, 1.82) is 0 Å². The number of rotatable bonds is 9. The molecule has 3 aromatic rings. The van der Waals surface area contributed by atoms with Crippen LogP contribution in [0.2, 0.25) is 0 Å². The molecule has 1 aliphatic rings. The third-order valence-corrected chi connectivity index (χ3v) is 6.62. The molecule has 0 spiro atoms. The third kappa shape index (κ3) is 6.66. The Hall–Kier alpha value is -4.57. The molecule has 1 aliphatic heterocycles. The molecule has 4 rings (SSSR count). The Bertz CT molecular complexity index is 1440. The van der Waals surface area contributed by atoms with E-state index in [1.807, 2.05) is 25.1 Å². The first kappa shape index (κ1) is 27.5. The maximum atomic E-state index is 13.2. The lowest BCUT2D eigenvalue weighted by Gasteiger charge is -2.14. The summed E-state index contributed by atoms with van der Waals surface area (Å²) in [5.41, 5.74) is 2.11. The maximum Gasteiger partial charge on any atom is 0.337 e. The van der Waals surface area contributed by atoms with Crippen LogP contribution in [0.1, 0.15) is 22.8 Å². The molecule has 2 amide bonds. The molecule has 39 heavy (non-hydrogen) atoms. The number of anilines is 1. The molecular weight excluding hydrogens is 518 g/mol. The van der Waals surface area contributed by atoms with E-state index in [0.29, 0.717) is 50.6 Å². The second-order valence-electron chi connectivity index (χ2n) is 8.18. The van der Waals surface area contributed by atoms with Crippen molar-refractivity contribution in [3.05, 3.63) is 88.8 Å². The zero-order chi connectivity index (χ0) is 27.8. The van der Waals surface area contributed by atoms with E-state index in [-0.39, 0.29) is 18.4 Å². The van der Waals surface area contributed by atoms with Gasteiger partial charge in [0, 0.05) is 17.8 Å². The summed E-state index contributed by atoms with van der Waals surface area (Å²) in [6.45, 7) is 2.00. The van der Waals surface area contributed by atoms with Crippen LogP contribution < -0.4 is 14.8 Å². The number of benzene rings is 3. The molecule has 0 unspecified atom stereocenters. The molecule has 1 fully saturated rings. The number of amides is 2. The maximum absolute atomic E-state index is 13.2. The van der Waals surface area contributed by atoms with Gasteiger partial charge >= 0.3 is 5.97 Å². The number of likely N-dealkylation sites (N-methyl/N-ethyl adjacent to an activating group) is 1. The van der Waals surface area contributed by atoms with Crippen molar-refractivity contribution in [3.8, 4) is 11.5 Å². The zero-order valence-electron chi connectivity index (χ0n) is 21.7. The van der Waals surface area contributed by atoms with Crippen molar-refractivity contribution in [2.45, 2.75) is 6.92 Å². The van der Waals surface area contributed by atoms with Gasteiger partial charge in [0.2, 0.25) is 0 Å². The smallest absolute Gasteiger partial charge is 0.337 e. The standard InChI is InChI=1S/C29H27N3O6S/c1-4-32-27(34)24(39-29(32)31-22-14-8-11-20(16-22)28(35)37-3)17-19-10-9-15-23(36-2)26(19)38-18-25(33)30-21-12-6-5-7-13-21/h5-17H,4,18H2,1-3H3,(H,30,33). The summed E-state index contributed by atoms with van der Waals surface area (Å²) >= 11 is 1.21. The predicted octanol–water partition coefficient (Wildman–Crippen LogP) is 5.12. The monoisotopic (exact) mass is 545 g/mol. The van der Waals surface area contributed by atoms with Gasteiger partial charge in [0.15, 0.2) is 23.3 Å². The molecule has 0 radical (unpaired) electrons. The van der Waals surface area contributed by atoms with E-state index in [0.717, 1.165) is 0 Å². The highest BCUT2D eigenvalue weighted by Gasteiger charge is 2.32. The average Bonchev–Trinajstić information content (AvgIpc) is 3.25. The van der Waals surface area contributed by atoms with Crippen LogP contribution in [0.4, 0.5) is 11.4 Å². The molecule has 0 aromatic heterocycles. The highest BCUT2D eigenvalue weighted by molar-refractivity contribution is 8.18. The number of para-hydroxylation sites is 2. The van der Waals surface area contributed by atoms with Gasteiger partial charge < -0.3 is 19.5 Å². The predicted molar refractivity (Wildman–Crippen MR) is 151 cm³/mol. The summed E-state index contributed by atoms with van der Waals surface area (Å²) in [4.78, 5) is 44.2. The topological polar surface area (TPSA) is 107 Å². The second-order valence-corrected chi connectivity index (χ2v) is 9.19. The number of hydrogen-bond donors (Lipinski definition) is 1. The number of aliphatic imine (C=N–C) groups is 1. The van der Waals surface area contributed by atoms with E-state index in [9.17, 15) is 14.4 Å². The van der Waals surface area contributed by atoms with Gasteiger partial charge in [-0.15, -0.1) is 0 Å². The van der Waals surface area contributed by atoms with Crippen LogP contribution in [-0.4, -0.2) is 55.2 Å². The molecule has 0 saturated carbocycles. The summed E-state index contributed by atoms with van der Waals surface area (Å²) in [7, 11) is 2.82. The lowest BCUT2D eigenvalue weighted by molar-refractivity contribution is -0.122. The van der Waals surface area contributed by atoms with Crippen LogP contribution in [-0.2, 0) is 14.3 Å². The fourth-order valence-corrected chi connectivity index (χ4v) is 4.81. The SMILES string of the molecule is CCN1C(=O)C(=Cc2cccc(OC)c2OCC(=O)Nc2ccccc2)SC1=Nc1cccc(C(=O)OC)c1. The number of nitrogens with one attached hydrogen (secondary N) is 1. The normalized spacial score (nSPS) is 14.9. The first-order valence-corrected chi connectivity index (χ1v) is 12.9. The third-order valence-electron chi connectivity index (χ3n) is 5.62. The van der Waals surface area contributed by atoms with Crippen LogP contribution in [0.25, 0.3) is 6.08 Å². The lowest BCUT2D eigenvalue weighted by Crippen LogP contribution is -2.28. The highest BCUT2D eigenvalue weighted by Crippen LogP contribution is 2.38. The van der Waals surface area contributed by atoms with E-state index >= 15 is 0 Å². The van der Waals surface area contributed by atoms with Crippen molar-refractivity contribution in [2.24, 2.45) is 4.99 Å². The quantitative estimate of drug-likeness (QED) is 0.294. The Morgan fingerprint density at radius 1 is 1.03 bits per heavy atom. The molecular formula is C29H27N3O6S. The minimum Gasteiger partial charge on any atom is -0.493 e. The molecule has 1 heterocycles. The van der Waals surface area contributed by atoms with Gasteiger partial charge in [-0.3, -0.25) is 14.5 Å². The molecule has 0 bridgehead atoms. The Morgan fingerprint density at radius 3 is 2.51 bits per heavy atom. The molecule has 0 atom stereocenters. The van der Waals surface area contributed by atoms with Crippen LogP contribution in [0, 0.1) is 0 Å². The average molecular weight is 546 g/mol. The Morgan fingerprint density at radius 2 is 1.79 bits per heavy atom. The molecule has 10 heteroatoms. The molecule has 200 valence electrons. The van der Waals surface area contributed by atoms with Gasteiger partial charge in [0.25, 0.3) is 11.8 Å². The van der Waals surface area contributed by atoms with Gasteiger partial charge in [0.05, 0.1) is 30.4 Å². The molecule has 1 saturated heterocycles. The number of esters is 1.